The lowest BCUT2D eigenvalue weighted by Crippen LogP contribution is -2.21. The van der Waals surface area contributed by atoms with Gasteiger partial charge < -0.3 is 4.52 Å². The van der Waals surface area contributed by atoms with Crippen molar-refractivity contribution in [3.8, 4) is 11.1 Å². The number of fused-ring (bicyclic) bond motifs is 1. The summed E-state index contributed by atoms with van der Waals surface area (Å²) in [6.07, 6.45) is 1.61. The zero-order chi connectivity index (χ0) is 18.4. The van der Waals surface area contributed by atoms with E-state index in [4.69, 9.17) is 4.52 Å². The third-order valence-electron chi connectivity index (χ3n) is 4.74. The van der Waals surface area contributed by atoms with Gasteiger partial charge in [-0.05, 0) is 38.8 Å². The van der Waals surface area contributed by atoms with Crippen LogP contribution in [0.4, 0.5) is 0 Å². The topological polar surface area (TPSA) is 60.9 Å². The molecule has 3 aromatic heterocycles. The third kappa shape index (κ3) is 2.66. The summed E-state index contributed by atoms with van der Waals surface area (Å²) in [5.41, 5.74) is 6.09. The highest BCUT2D eigenvalue weighted by Gasteiger charge is 2.16. The second-order valence-electron chi connectivity index (χ2n) is 6.63. The van der Waals surface area contributed by atoms with Crippen LogP contribution in [0.5, 0.6) is 0 Å². The van der Waals surface area contributed by atoms with Gasteiger partial charge in [0.25, 0.3) is 5.56 Å². The Morgan fingerprint density at radius 2 is 1.96 bits per heavy atom. The van der Waals surface area contributed by atoms with Crippen LogP contribution in [0, 0.1) is 27.7 Å². The lowest BCUT2D eigenvalue weighted by Gasteiger charge is -2.08. The first kappa shape index (κ1) is 16.7. The molecule has 4 aromatic rings. The molecule has 0 saturated heterocycles. The zero-order valence-electron chi connectivity index (χ0n) is 15.2. The lowest BCUT2D eigenvalue weighted by molar-refractivity contribution is 0.392. The van der Waals surface area contributed by atoms with Gasteiger partial charge in [-0.1, -0.05) is 28.9 Å². The smallest absolute Gasteiger partial charge is 0.263 e. The lowest BCUT2D eigenvalue weighted by atomic mass is 9.99. The van der Waals surface area contributed by atoms with Crippen molar-refractivity contribution in [1.29, 1.82) is 0 Å². The number of nitrogens with zero attached hydrogens (tertiary/aromatic N) is 3. The number of aryl methyl sites for hydroxylation is 4. The molecule has 0 spiro atoms. The summed E-state index contributed by atoms with van der Waals surface area (Å²) in [4.78, 5) is 18.5. The minimum Gasteiger partial charge on any atom is -0.361 e. The van der Waals surface area contributed by atoms with Crippen LogP contribution in [0.25, 0.3) is 21.3 Å². The molecule has 0 N–H and O–H groups in total. The summed E-state index contributed by atoms with van der Waals surface area (Å²) >= 11 is 1.50. The van der Waals surface area contributed by atoms with Crippen molar-refractivity contribution in [3.63, 3.8) is 0 Å². The molecular weight excluding hydrogens is 346 g/mol. The first-order chi connectivity index (χ1) is 12.5. The van der Waals surface area contributed by atoms with Crippen molar-refractivity contribution >= 4 is 21.6 Å². The maximum atomic E-state index is 13.2. The van der Waals surface area contributed by atoms with E-state index in [0.29, 0.717) is 11.9 Å². The maximum absolute atomic E-state index is 13.2. The van der Waals surface area contributed by atoms with Crippen LogP contribution < -0.4 is 5.56 Å². The van der Waals surface area contributed by atoms with Gasteiger partial charge >= 0.3 is 0 Å². The summed E-state index contributed by atoms with van der Waals surface area (Å²) in [6, 6.07) is 6.29. The van der Waals surface area contributed by atoms with E-state index in [-0.39, 0.29) is 5.56 Å². The van der Waals surface area contributed by atoms with Gasteiger partial charge in [-0.15, -0.1) is 11.3 Å². The minimum absolute atomic E-state index is 0.0359. The molecule has 0 unspecified atom stereocenters. The Kier molecular flexibility index (Phi) is 4.00. The van der Waals surface area contributed by atoms with Gasteiger partial charge in [0.1, 0.15) is 10.6 Å². The fourth-order valence-electron chi connectivity index (χ4n) is 3.29. The Morgan fingerprint density at radius 3 is 2.65 bits per heavy atom. The maximum Gasteiger partial charge on any atom is 0.263 e. The van der Waals surface area contributed by atoms with Crippen molar-refractivity contribution in [3.05, 3.63) is 68.4 Å². The van der Waals surface area contributed by atoms with Crippen LogP contribution in [0.15, 0.2) is 39.2 Å². The highest BCUT2D eigenvalue weighted by atomic mass is 32.1. The molecule has 0 radical (unpaired) electrons. The summed E-state index contributed by atoms with van der Waals surface area (Å²) in [5, 5.41) is 6.67. The fourth-order valence-corrected chi connectivity index (χ4v) is 4.19. The molecule has 0 atom stereocenters. The van der Waals surface area contributed by atoms with Crippen molar-refractivity contribution < 1.29 is 4.52 Å². The summed E-state index contributed by atoms with van der Waals surface area (Å²) in [6.45, 7) is 8.29. The van der Waals surface area contributed by atoms with E-state index in [1.54, 1.807) is 10.9 Å². The molecule has 6 heteroatoms. The van der Waals surface area contributed by atoms with Gasteiger partial charge in [0, 0.05) is 16.5 Å². The van der Waals surface area contributed by atoms with Crippen LogP contribution in [0.2, 0.25) is 0 Å². The van der Waals surface area contributed by atoms with Crippen LogP contribution in [-0.2, 0) is 6.54 Å². The molecule has 0 aliphatic carbocycles. The minimum atomic E-state index is -0.0359. The number of hydrogen-bond acceptors (Lipinski definition) is 5. The molecule has 0 bridgehead atoms. The molecule has 26 heavy (non-hydrogen) atoms. The van der Waals surface area contributed by atoms with E-state index < -0.39 is 0 Å². The van der Waals surface area contributed by atoms with Crippen molar-refractivity contribution in [2.75, 3.05) is 0 Å². The number of thiophene rings is 1. The summed E-state index contributed by atoms with van der Waals surface area (Å²) in [5.74, 6) is 0.731. The average Bonchev–Trinajstić information content (AvgIpc) is 3.16. The Morgan fingerprint density at radius 1 is 1.15 bits per heavy atom. The predicted octanol–water partition coefficient (Wildman–Crippen LogP) is 4.39. The average molecular weight is 365 g/mol. The van der Waals surface area contributed by atoms with E-state index >= 15 is 0 Å². The SMILES string of the molecule is Cc1ccc(-c2csc3ncn(Cc4c(C)noc4C)c(=O)c23)c(C)c1. The van der Waals surface area contributed by atoms with Gasteiger partial charge in [0.2, 0.25) is 0 Å². The van der Waals surface area contributed by atoms with Crippen LogP contribution in [0.3, 0.4) is 0 Å². The number of rotatable bonds is 3. The zero-order valence-corrected chi connectivity index (χ0v) is 16.0. The van der Waals surface area contributed by atoms with Crippen LogP contribution in [0.1, 0.15) is 28.1 Å². The fraction of sp³-hybridized carbons (Fsp3) is 0.250. The Balaban J connectivity index is 1.89. The van der Waals surface area contributed by atoms with Gasteiger partial charge in [0.05, 0.1) is 24.0 Å². The molecule has 0 amide bonds. The third-order valence-corrected chi connectivity index (χ3v) is 5.63. The van der Waals surface area contributed by atoms with E-state index in [1.165, 1.54) is 16.9 Å². The highest BCUT2D eigenvalue weighted by molar-refractivity contribution is 7.17. The van der Waals surface area contributed by atoms with Gasteiger partial charge in [-0.25, -0.2) is 4.98 Å². The monoisotopic (exact) mass is 365 g/mol. The van der Waals surface area contributed by atoms with Gasteiger partial charge in [-0.3, -0.25) is 9.36 Å². The molecule has 4 rings (SSSR count). The van der Waals surface area contributed by atoms with Crippen molar-refractivity contribution in [2.45, 2.75) is 34.2 Å². The first-order valence-electron chi connectivity index (χ1n) is 8.41. The standard InChI is InChI=1S/C20H19N3O2S/c1-11-5-6-15(12(2)7-11)17-9-26-19-18(17)20(24)23(10-21-19)8-16-13(3)22-25-14(16)4/h5-7,9-10H,8H2,1-4H3. The quantitative estimate of drug-likeness (QED) is 0.540. The Labute approximate surface area is 154 Å². The number of hydrogen-bond donors (Lipinski definition) is 0. The summed E-state index contributed by atoms with van der Waals surface area (Å²) < 4.78 is 6.85. The summed E-state index contributed by atoms with van der Waals surface area (Å²) in [7, 11) is 0. The molecule has 5 nitrogen and oxygen atoms in total. The molecule has 1 aromatic carbocycles. The van der Waals surface area contributed by atoms with Crippen LogP contribution >= 0.6 is 11.3 Å². The number of aromatic nitrogens is 3. The van der Waals surface area contributed by atoms with E-state index in [1.807, 2.05) is 19.2 Å². The van der Waals surface area contributed by atoms with Crippen LogP contribution in [-0.4, -0.2) is 14.7 Å². The van der Waals surface area contributed by atoms with E-state index in [0.717, 1.165) is 38.5 Å². The highest BCUT2D eigenvalue weighted by Crippen LogP contribution is 2.33. The van der Waals surface area contributed by atoms with Crippen molar-refractivity contribution in [2.24, 2.45) is 0 Å². The molecule has 0 saturated carbocycles. The first-order valence-corrected chi connectivity index (χ1v) is 9.29. The van der Waals surface area contributed by atoms with E-state index in [2.05, 4.69) is 42.2 Å². The largest absolute Gasteiger partial charge is 0.361 e. The van der Waals surface area contributed by atoms with Crippen molar-refractivity contribution in [1.82, 2.24) is 14.7 Å². The molecule has 0 fully saturated rings. The van der Waals surface area contributed by atoms with Gasteiger partial charge in [0.15, 0.2) is 0 Å². The molecule has 132 valence electrons. The second-order valence-corrected chi connectivity index (χ2v) is 7.49. The predicted molar refractivity (Wildman–Crippen MR) is 104 cm³/mol. The molecule has 3 heterocycles. The Bertz CT molecular complexity index is 1160. The normalized spacial score (nSPS) is 11.4. The number of benzene rings is 1. The second kappa shape index (κ2) is 6.21. The van der Waals surface area contributed by atoms with Gasteiger partial charge in [-0.2, -0.15) is 0 Å². The molecule has 0 aliphatic heterocycles. The Hall–Kier alpha value is -2.73. The molecular formula is C20H19N3O2S. The van der Waals surface area contributed by atoms with E-state index in [9.17, 15) is 4.79 Å². The molecule has 0 aliphatic rings.